The summed E-state index contributed by atoms with van der Waals surface area (Å²) in [5.74, 6) is 0.920. The summed E-state index contributed by atoms with van der Waals surface area (Å²) in [5, 5.41) is 0. The standard InChI is InChI=1S/C18H24N4O3/c1-12-3-4-16(19-10-12)20-7-5-13(6-8-20)22-17(23)15-9-14(25-2)11-21(15)18(22)24/h3-4,10,13-15H,5-9,11H2,1-2H3/t14-,15-/m0/s1. The lowest BCUT2D eigenvalue weighted by Gasteiger charge is -2.36. The van der Waals surface area contributed by atoms with Crippen molar-refractivity contribution < 1.29 is 14.3 Å². The lowest BCUT2D eigenvalue weighted by molar-refractivity contribution is -0.130. The Balaban J connectivity index is 1.41. The first kappa shape index (κ1) is 16.3. The van der Waals surface area contributed by atoms with Crippen LogP contribution in [0.1, 0.15) is 24.8 Å². The highest BCUT2D eigenvalue weighted by Gasteiger charge is 2.52. The number of hydrogen-bond donors (Lipinski definition) is 0. The molecule has 4 rings (SSSR count). The van der Waals surface area contributed by atoms with E-state index in [-0.39, 0.29) is 30.1 Å². The molecule has 3 aliphatic heterocycles. The molecule has 2 atom stereocenters. The molecule has 3 amide bonds. The molecule has 134 valence electrons. The van der Waals surface area contributed by atoms with E-state index in [4.69, 9.17) is 4.74 Å². The summed E-state index contributed by atoms with van der Waals surface area (Å²) in [6, 6.07) is 3.62. The van der Waals surface area contributed by atoms with Gasteiger partial charge in [0.1, 0.15) is 11.9 Å². The molecule has 0 radical (unpaired) electrons. The molecule has 0 bridgehead atoms. The van der Waals surface area contributed by atoms with Crippen LogP contribution in [0.2, 0.25) is 0 Å². The molecule has 0 N–H and O–H groups in total. The van der Waals surface area contributed by atoms with E-state index in [1.807, 2.05) is 19.2 Å². The highest BCUT2D eigenvalue weighted by Crippen LogP contribution is 2.33. The smallest absolute Gasteiger partial charge is 0.327 e. The number of aromatic nitrogens is 1. The topological polar surface area (TPSA) is 66.0 Å². The fourth-order valence-electron chi connectivity index (χ4n) is 4.14. The predicted octanol–water partition coefficient (Wildman–Crippen LogP) is 1.41. The van der Waals surface area contributed by atoms with Crippen molar-refractivity contribution in [2.75, 3.05) is 31.6 Å². The molecule has 1 aromatic heterocycles. The highest BCUT2D eigenvalue weighted by molar-refractivity contribution is 6.05. The second-order valence-corrected chi connectivity index (χ2v) is 7.16. The number of amides is 3. The number of methoxy groups -OCH3 is 1. The minimum atomic E-state index is -0.325. The summed E-state index contributed by atoms with van der Waals surface area (Å²) in [7, 11) is 1.63. The second kappa shape index (κ2) is 6.29. The summed E-state index contributed by atoms with van der Waals surface area (Å²) in [6.45, 7) is 4.16. The third kappa shape index (κ3) is 2.76. The number of nitrogens with zero attached hydrogens (tertiary/aromatic N) is 4. The van der Waals surface area contributed by atoms with Crippen molar-refractivity contribution in [3.8, 4) is 0 Å². The Morgan fingerprint density at radius 3 is 2.56 bits per heavy atom. The van der Waals surface area contributed by atoms with Crippen molar-refractivity contribution in [1.82, 2.24) is 14.8 Å². The van der Waals surface area contributed by atoms with Crippen molar-refractivity contribution in [2.45, 2.75) is 44.4 Å². The van der Waals surface area contributed by atoms with Crippen LogP contribution in [0, 0.1) is 6.92 Å². The van der Waals surface area contributed by atoms with E-state index in [0.717, 1.165) is 37.3 Å². The van der Waals surface area contributed by atoms with Gasteiger partial charge in [-0.25, -0.2) is 9.78 Å². The number of pyridine rings is 1. The monoisotopic (exact) mass is 344 g/mol. The van der Waals surface area contributed by atoms with Crippen LogP contribution in [0.5, 0.6) is 0 Å². The molecule has 0 unspecified atom stereocenters. The minimum Gasteiger partial charge on any atom is -0.380 e. The van der Waals surface area contributed by atoms with Crippen LogP contribution in [-0.4, -0.2) is 71.7 Å². The van der Waals surface area contributed by atoms with Crippen molar-refractivity contribution in [3.05, 3.63) is 23.9 Å². The maximum Gasteiger partial charge on any atom is 0.327 e. The Labute approximate surface area is 147 Å². The molecule has 3 aliphatic rings. The number of piperidine rings is 1. The molecule has 7 nitrogen and oxygen atoms in total. The maximum atomic E-state index is 12.7. The van der Waals surface area contributed by atoms with Crippen LogP contribution in [-0.2, 0) is 9.53 Å². The third-order valence-corrected chi connectivity index (χ3v) is 5.62. The van der Waals surface area contributed by atoms with Gasteiger partial charge in [-0.05, 0) is 31.4 Å². The van der Waals surface area contributed by atoms with Gasteiger partial charge in [-0.1, -0.05) is 6.07 Å². The largest absolute Gasteiger partial charge is 0.380 e. The lowest BCUT2D eigenvalue weighted by atomic mass is 10.0. The zero-order valence-corrected chi connectivity index (χ0v) is 14.7. The molecule has 0 spiro atoms. The number of carbonyl (C=O) groups excluding carboxylic acids is 2. The maximum absolute atomic E-state index is 12.7. The average Bonchev–Trinajstić information content (AvgIpc) is 3.16. The quantitative estimate of drug-likeness (QED) is 0.776. The number of hydrogen-bond acceptors (Lipinski definition) is 5. The van der Waals surface area contributed by atoms with Gasteiger partial charge in [-0.3, -0.25) is 9.69 Å². The molecule has 7 heteroatoms. The number of imide groups is 1. The van der Waals surface area contributed by atoms with E-state index >= 15 is 0 Å². The second-order valence-electron chi connectivity index (χ2n) is 7.16. The Morgan fingerprint density at radius 1 is 1.20 bits per heavy atom. The van der Waals surface area contributed by atoms with Crippen molar-refractivity contribution in [2.24, 2.45) is 0 Å². The number of aryl methyl sites for hydroxylation is 1. The first-order chi connectivity index (χ1) is 12.1. The van der Waals surface area contributed by atoms with E-state index in [1.54, 1.807) is 12.0 Å². The van der Waals surface area contributed by atoms with Crippen LogP contribution in [0.15, 0.2) is 18.3 Å². The summed E-state index contributed by atoms with van der Waals surface area (Å²) in [6.07, 6.45) is 4.05. The molecule has 0 saturated carbocycles. The first-order valence-electron chi connectivity index (χ1n) is 8.92. The van der Waals surface area contributed by atoms with Gasteiger partial charge in [0.15, 0.2) is 0 Å². The Bertz CT molecular complexity index is 645. The number of anilines is 1. The van der Waals surface area contributed by atoms with Gasteiger partial charge in [0.25, 0.3) is 5.91 Å². The van der Waals surface area contributed by atoms with Crippen LogP contribution in [0.3, 0.4) is 0 Å². The van der Waals surface area contributed by atoms with Gasteiger partial charge in [-0.15, -0.1) is 0 Å². The van der Waals surface area contributed by atoms with Crippen LogP contribution < -0.4 is 4.90 Å². The van der Waals surface area contributed by atoms with Gasteiger partial charge >= 0.3 is 6.03 Å². The average molecular weight is 344 g/mol. The number of carbonyl (C=O) groups is 2. The first-order valence-corrected chi connectivity index (χ1v) is 8.92. The summed E-state index contributed by atoms with van der Waals surface area (Å²) in [5.41, 5.74) is 1.14. The van der Waals surface area contributed by atoms with Crippen molar-refractivity contribution in [3.63, 3.8) is 0 Å². The van der Waals surface area contributed by atoms with E-state index in [1.165, 1.54) is 4.90 Å². The number of ether oxygens (including phenoxy) is 1. The van der Waals surface area contributed by atoms with E-state index < -0.39 is 0 Å². The molecule has 3 fully saturated rings. The van der Waals surface area contributed by atoms with Gasteiger partial charge in [0.05, 0.1) is 6.10 Å². The highest BCUT2D eigenvalue weighted by atomic mass is 16.5. The Kier molecular flexibility index (Phi) is 4.11. The summed E-state index contributed by atoms with van der Waals surface area (Å²) >= 11 is 0. The predicted molar refractivity (Wildman–Crippen MR) is 92.4 cm³/mol. The van der Waals surface area contributed by atoms with Crippen LogP contribution >= 0.6 is 0 Å². The fraction of sp³-hybridized carbons (Fsp3) is 0.611. The number of rotatable bonds is 3. The van der Waals surface area contributed by atoms with Crippen molar-refractivity contribution in [1.29, 1.82) is 0 Å². The lowest BCUT2D eigenvalue weighted by Crippen LogP contribution is -2.49. The van der Waals surface area contributed by atoms with Gasteiger partial charge in [-0.2, -0.15) is 0 Å². The molecular weight excluding hydrogens is 320 g/mol. The fourth-order valence-corrected chi connectivity index (χ4v) is 4.14. The Morgan fingerprint density at radius 2 is 1.96 bits per heavy atom. The molecule has 1 aromatic rings. The Hall–Kier alpha value is -2.15. The molecule has 4 heterocycles. The van der Waals surface area contributed by atoms with Gasteiger partial charge < -0.3 is 14.5 Å². The molecule has 0 aliphatic carbocycles. The number of fused-ring (bicyclic) bond motifs is 1. The summed E-state index contributed by atoms with van der Waals surface area (Å²) < 4.78 is 5.32. The molecule has 25 heavy (non-hydrogen) atoms. The molecule has 0 aromatic carbocycles. The zero-order chi connectivity index (χ0) is 17.6. The SMILES string of the molecule is CO[C@H]1C[C@H]2C(=O)N(C3CCN(c4ccc(C)cn4)CC3)C(=O)N2C1. The molecule has 3 saturated heterocycles. The van der Waals surface area contributed by atoms with E-state index in [0.29, 0.717) is 13.0 Å². The minimum absolute atomic E-state index is 0.00621. The molecular formula is C18H24N4O3. The third-order valence-electron chi connectivity index (χ3n) is 5.62. The number of urea groups is 1. The van der Waals surface area contributed by atoms with E-state index in [2.05, 4.69) is 16.0 Å². The van der Waals surface area contributed by atoms with Gasteiger partial charge in [0.2, 0.25) is 0 Å². The van der Waals surface area contributed by atoms with Crippen LogP contribution in [0.4, 0.5) is 10.6 Å². The van der Waals surface area contributed by atoms with Crippen molar-refractivity contribution >= 4 is 17.8 Å². The van der Waals surface area contributed by atoms with E-state index in [9.17, 15) is 9.59 Å². The van der Waals surface area contributed by atoms with Gasteiger partial charge in [0, 0.05) is 45.4 Å². The normalized spacial score (nSPS) is 27.4. The van der Waals surface area contributed by atoms with Crippen LogP contribution in [0.25, 0.3) is 0 Å². The summed E-state index contributed by atoms with van der Waals surface area (Å²) in [4.78, 5) is 35.3. The zero-order valence-electron chi connectivity index (χ0n) is 14.7.